The van der Waals surface area contributed by atoms with Crippen molar-refractivity contribution in [2.75, 3.05) is 13.2 Å². The number of halogens is 1. The first-order valence-electron chi connectivity index (χ1n) is 5.99. The lowest BCUT2D eigenvalue weighted by molar-refractivity contribution is 0.142. The Morgan fingerprint density at radius 2 is 1.88 bits per heavy atom. The Hall–Kier alpha value is -0.800. The summed E-state index contributed by atoms with van der Waals surface area (Å²) in [4.78, 5) is 6.37. The fourth-order valence-corrected chi connectivity index (χ4v) is 2.02. The van der Waals surface area contributed by atoms with Crippen molar-refractivity contribution in [2.24, 2.45) is 0 Å². The molecule has 0 aliphatic carbocycles. The van der Waals surface area contributed by atoms with Crippen LogP contribution in [0.1, 0.15) is 27.7 Å². The van der Waals surface area contributed by atoms with Gasteiger partial charge in [-0.2, -0.15) is 0 Å². The zero-order chi connectivity index (χ0) is 12.8. The van der Waals surface area contributed by atoms with Crippen LogP contribution in [0.5, 0.6) is 5.75 Å². The maximum atomic E-state index is 5.83. The van der Waals surface area contributed by atoms with Crippen molar-refractivity contribution >= 4 is 11.6 Å². The molecule has 0 N–H and O–H groups in total. The molecule has 0 aliphatic heterocycles. The molecule has 0 bridgehead atoms. The van der Waals surface area contributed by atoms with Gasteiger partial charge in [-0.3, -0.25) is 9.88 Å². The standard InChI is InChI=1S/C13H21ClN2O/c1-10(2)16(11(3)4)5-6-17-13-7-12(14)8-15-9-13/h7-11H,5-6H2,1-4H3. The molecule has 0 fully saturated rings. The fourth-order valence-electron chi connectivity index (χ4n) is 1.85. The van der Waals surface area contributed by atoms with E-state index in [0.717, 1.165) is 12.3 Å². The molecule has 17 heavy (non-hydrogen) atoms. The molecule has 0 saturated carbocycles. The van der Waals surface area contributed by atoms with E-state index in [1.807, 2.05) is 0 Å². The van der Waals surface area contributed by atoms with Crippen LogP contribution >= 0.6 is 11.6 Å². The molecule has 1 aromatic rings. The SMILES string of the molecule is CC(C)N(CCOc1cncc(Cl)c1)C(C)C. The highest BCUT2D eigenvalue weighted by Gasteiger charge is 2.12. The van der Waals surface area contributed by atoms with Crippen LogP contribution in [0, 0.1) is 0 Å². The van der Waals surface area contributed by atoms with E-state index in [1.54, 1.807) is 18.5 Å². The van der Waals surface area contributed by atoms with Crippen LogP contribution in [0.25, 0.3) is 0 Å². The molecule has 1 aromatic heterocycles. The summed E-state index contributed by atoms with van der Waals surface area (Å²) in [5.74, 6) is 0.727. The van der Waals surface area contributed by atoms with E-state index >= 15 is 0 Å². The van der Waals surface area contributed by atoms with E-state index in [9.17, 15) is 0 Å². The van der Waals surface area contributed by atoms with Gasteiger partial charge in [0.1, 0.15) is 12.4 Å². The largest absolute Gasteiger partial charge is 0.491 e. The second-order valence-corrected chi connectivity index (χ2v) is 5.05. The Morgan fingerprint density at radius 1 is 1.24 bits per heavy atom. The van der Waals surface area contributed by atoms with Crippen LogP contribution in [0.15, 0.2) is 18.5 Å². The number of rotatable bonds is 6. The van der Waals surface area contributed by atoms with Crippen molar-refractivity contribution in [1.29, 1.82) is 0 Å². The predicted octanol–water partition coefficient (Wildman–Crippen LogP) is 3.23. The Balaban J connectivity index is 2.41. The van der Waals surface area contributed by atoms with Gasteiger partial charge in [-0.15, -0.1) is 0 Å². The first kappa shape index (κ1) is 14.3. The van der Waals surface area contributed by atoms with E-state index in [0.29, 0.717) is 23.7 Å². The molecule has 0 spiro atoms. The van der Waals surface area contributed by atoms with Gasteiger partial charge in [0.15, 0.2) is 0 Å². The molecule has 0 aliphatic rings. The smallest absolute Gasteiger partial charge is 0.139 e. The second kappa shape index (κ2) is 6.82. The van der Waals surface area contributed by atoms with Crippen LogP contribution in [-0.2, 0) is 0 Å². The Morgan fingerprint density at radius 3 is 2.41 bits per heavy atom. The molecule has 0 aromatic carbocycles. The minimum Gasteiger partial charge on any atom is -0.491 e. The molecule has 96 valence electrons. The summed E-state index contributed by atoms with van der Waals surface area (Å²) in [6.07, 6.45) is 3.28. The van der Waals surface area contributed by atoms with Crippen LogP contribution in [-0.4, -0.2) is 35.1 Å². The second-order valence-electron chi connectivity index (χ2n) is 4.61. The van der Waals surface area contributed by atoms with Crippen molar-refractivity contribution < 1.29 is 4.74 Å². The Bertz CT molecular complexity index is 334. The number of hydrogen-bond acceptors (Lipinski definition) is 3. The molecule has 3 nitrogen and oxygen atoms in total. The summed E-state index contributed by atoms with van der Waals surface area (Å²) in [5, 5.41) is 0.604. The number of ether oxygens (including phenoxy) is 1. The van der Waals surface area contributed by atoms with Crippen molar-refractivity contribution in [3.8, 4) is 5.75 Å². The molecule has 4 heteroatoms. The van der Waals surface area contributed by atoms with Crippen LogP contribution in [0.2, 0.25) is 5.02 Å². The third kappa shape index (κ3) is 4.92. The highest BCUT2D eigenvalue weighted by Crippen LogP contribution is 2.15. The minimum absolute atomic E-state index is 0.524. The van der Waals surface area contributed by atoms with Gasteiger partial charge >= 0.3 is 0 Å². The normalized spacial score (nSPS) is 11.5. The molecule has 0 radical (unpaired) electrons. The fraction of sp³-hybridized carbons (Fsp3) is 0.615. The monoisotopic (exact) mass is 256 g/mol. The van der Waals surface area contributed by atoms with Gasteiger partial charge in [-0.1, -0.05) is 11.6 Å². The first-order chi connectivity index (χ1) is 8.00. The van der Waals surface area contributed by atoms with Crippen molar-refractivity contribution in [3.05, 3.63) is 23.5 Å². The maximum Gasteiger partial charge on any atom is 0.139 e. The molecule has 1 heterocycles. The van der Waals surface area contributed by atoms with E-state index in [4.69, 9.17) is 16.3 Å². The average Bonchev–Trinajstić information content (AvgIpc) is 2.23. The lowest BCUT2D eigenvalue weighted by atomic mass is 10.2. The third-order valence-corrected chi connectivity index (χ3v) is 2.83. The lowest BCUT2D eigenvalue weighted by Crippen LogP contribution is -2.39. The summed E-state index contributed by atoms with van der Waals surface area (Å²) in [6, 6.07) is 2.83. The molecule has 0 atom stereocenters. The molecular weight excluding hydrogens is 236 g/mol. The van der Waals surface area contributed by atoms with E-state index < -0.39 is 0 Å². The Kier molecular flexibility index (Phi) is 5.72. The quantitative estimate of drug-likeness (QED) is 0.781. The first-order valence-corrected chi connectivity index (χ1v) is 6.37. The zero-order valence-corrected chi connectivity index (χ0v) is 11.7. The summed E-state index contributed by atoms with van der Waals surface area (Å²) >= 11 is 5.83. The molecule has 1 rings (SSSR count). The van der Waals surface area contributed by atoms with Gasteiger partial charge in [0.2, 0.25) is 0 Å². The van der Waals surface area contributed by atoms with Crippen LogP contribution < -0.4 is 4.74 Å². The van der Waals surface area contributed by atoms with Crippen LogP contribution in [0.4, 0.5) is 0 Å². The number of pyridine rings is 1. The summed E-state index contributed by atoms with van der Waals surface area (Å²) in [7, 11) is 0. The van der Waals surface area contributed by atoms with Gasteiger partial charge in [-0.25, -0.2) is 0 Å². The van der Waals surface area contributed by atoms with E-state index in [2.05, 4.69) is 37.6 Å². The lowest BCUT2D eigenvalue weighted by Gasteiger charge is -2.30. The Labute approximate surface area is 109 Å². The maximum absolute atomic E-state index is 5.83. The minimum atomic E-state index is 0.524. The molecule has 0 unspecified atom stereocenters. The summed E-state index contributed by atoms with van der Waals surface area (Å²) in [5.41, 5.74) is 0. The average molecular weight is 257 g/mol. The summed E-state index contributed by atoms with van der Waals surface area (Å²) < 4.78 is 5.63. The van der Waals surface area contributed by atoms with Gasteiger partial charge in [0.25, 0.3) is 0 Å². The number of aromatic nitrogens is 1. The van der Waals surface area contributed by atoms with E-state index in [-0.39, 0.29) is 0 Å². The van der Waals surface area contributed by atoms with Gasteiger partial charge in [0.05, 0.1) is 11.2 Å². The topological polar surface area (TPSA) is 25.4 Å². The van der Waals surface area contributed by atoms with Gasteiger partial charge in [-0.05, 0) is 27.7 Å². The zero-order valence-electron chi connectivity index (χ0n) is 11.0. The molecule has 0 amide bonds. The highest BCUT2D eigenvalue weighted by molar-refractivity contribution is 6.30. The van der Waals surface area contributed by atoms with Crippen LogP contribution in [0.3, 0.4) is 0 Å². The predicted molar refractivity (Wildman–Crippen MR) is 71.7 cm³/mol. The molecule has 0 saturated heterocycles. The van der Waals surface area contributed by atoms with Crippen molar-refractivity contribution in [2.45, 2.75) is 39.8 Å². The summed E-state index contributed by atoms with van der Waals surface area (Å²) in [6.45, 7) is 10.3. The van der Waals surface area contributed by atoms with Crippen molar-refractivity contribution in [3.63, 3.8) is 0 Å². The number of nitrogens with zero attached hydrogens (tertiary/aromatic N) is 2. The molecular formula is C13H21ClN2O. The van der Waals surface area contributed by atoms with E-state index in [1.165, 1.54) is 0 Å². The van der Waals surface area contributed by atoms with Gasteiger partial charge in [0, 0.05) is 30.9 Å². The van der Waals surface area contributed by atoms with Crippen molar-refractivity contribution in [1.82, 2.24) is 9.88 Å². The number of hydrogen-bond donors (Lipinski definition) is 0. The highest BCUT2D eigenvalue weighted by atomic mass is 35.5. The van der Waals surface area contributed by atoms with Gasteiger partial charge < -0.3 is 4.74 Å². The third-order valence-electron chi connectivity index (χ3n) is 2.62.